The average Bonchev–Trinajstić information content (AvgIpc) is 3.02. The first-order valence-corrected chi connectivity index (χ1v) is 9.29. The summed E-state index contributed by atoms with van der Waals surface area (Å²) in [6, 6.07) is 6.52. The normalized spacial score (nSPS) is 19.7. The lowest BCUT2D eigenvalue weighted by Crippen LogP contribution is -2.36. The molecule has 3 rings (SSSR count). The van der Waals surface area contributed by atoms with Crippen LogP contribution in [0.3, 0.4) is 0 Å². The highest BCUT2D eigenvalue weighted by Crippen LogP contribution is 2.26. The molecule has 1 saturated heterocycles. The Hall–Kier alpha value is -1.86. The second-order valence-corrected chi connectivity index (χ2v) is 8.21. The van der Waals surface area contributed by atoms with E-state index in [9.17, 15) is 13.2 Å². The van der Waals surface area contributed by atoms with E-state index in [0.29, 0.717) is 34.0 Å². The summed E-state index contributed by atoms with van der Waals surface area (Å²) < 4.78 is 28.1. The van der Waals surface area contributed by atoms with Gasteiger partial charge in [-0.15, -0.1) is 0 Å². The number of aryl methyl sites for hydroxylation is 1. The molecule has 2 heterocycles. The molecule has 1 amide bonds. The van der Waals surface area contributed by atoms with Crippen LogP contribution in [-0.4, -0.2) is 37.0 Å². The zero-order valence-corrected chi connectivity index (χ0v) is 13.9. The van der Waals surface area contributed by atoms with E-state index < -0.39 is 9.84 Å². The second kappa shape index (κ2) is 5.98. The Morgan fingerprint density at radius 1 is 1.35 bits per heavy atom. The van der Waals surface area contributed by atoms with Crippen molar-refractivity contribution < 1.29 is 17.7 Å². The fourth-order valence-electron chi connectivity index (χ4n) is 2.61. The van der Waals surface area contributed by atoms with Crippen molar-refractivity contribution in [1.82, 2.24) is 10.5 Å². The van der Waals surface area contributed by atoms with Crippen molar-refractivity contribution in [3.8, 4) is 11.3 Å². The van der Waals surface area contributed by atoms with E-state index in [1.165, 1.54) is 0 Å². The molecule has 2 aromatic rings. The molecular weight excluding hydrogens is 340 g/mol. The summed E-state index contributed by atoms with van der Waals surface area (Å²) in [5, 5.41) is 7.28. The third-order valence-electron chi connectivity index (χ3n) is 3.78. The molecule has 0 bridgehead atoms. The molecule has 8 heteroatoms. The van der Waals surface area contributed by atoms with Gasteiger partial charge >= 0.3 is 0 Å². The molecule has 23 heavy (non-hydrogen) atoms. The van der Waals surface area contributed by atoms with Crippen LogP contribution in [0.5, 0.6) is 0 Å². The van der Waals surface area contributed by atoms with Gasteiger partial charge in [0.15, 0.2) is 9.84 Å². The molecule has 1 atom stereocenters. The van der Waals surface area contributed by atoms with Crippen LogP contribution in [0.2, 0.25) is 5.02 Å². The maximum atomic E-state index is 12.5. The van der Waals surface area contributed by atoms with Gasteiger partial charge in [0.05, 0.1) is 11.5 Å². The topological polar surface area (TPSA) is 89.3 Å². The first-order chi connectivity index (χ1) is 10.9. The number of aromatic nitrogens is 1. The molecule has 0 unspecified atom stereocenters. The van der Waals surface area contributed by atoms with E-state index in [-0.39, 0.29) is 23.5 Å². The Balaban J connectivity index is 1.86. The quantitative estimate of drug-likeness (QED) is 0.912. The van der Waals surface area contributed by atoms with Gasteiger partial charge in [0.1, 0.15) is 17.0 Å². The number of halogens is 1. The van der Waals surface area contributed by atoms with Gasteiger partial charge in [-0.3, -0.25) is 4.79 Å². The molecule has 1 fully saturated rings. The number of hydrogen-bond donors (Lipinski definition) is 1. The summed E-state index contributed by atoms with van der Waals surface area (Å²) in [5.74, 6) is 0.0772. The predicted octanol–water partition coefficient (Wildman–Crippen LogP) is 2.22. The van der Waals surface area contributed by atoms with Crippen LogP contribution in [0.4, 0.5) is 0 Å². The Morgan fingerprint density at radius 2 is 2.04 bits per heavy atom. The number of carbonyl (C=O) groups excluding carboxylic acids is 1. The van der Waals surface area contributed by atoms with Gasteiger partial charge in [0.25, 0.3) is 5.91 Å². The van der Waals surface area contributed by atoms with Crippen molar-refractivity contribution >= 4 is 27.3 Å². The predicted molar refractivity (Wildman–Crippen MR) is 86.2 cm³/mol. The molecule has 1 aromatic heterocycles. The van der Waals surface area contributed by atoms with Crippen molar-refractivity contribution in [3.63, 3.8) is 0 Å². The Morgan fingerprint density at radius 3 is 2.65 bits per heavy atom. The molecule has 1 aromatic carbocycles. The summed E-state index contributed by atoms with van der Waals surface area (Å²) in [7, 11) is -3.06. The zero-order chi connectivity index (χ0) is 16.6. The van der Waals surface area contributed by atoms with E-state index in [0.717, 1.165) is 0 Å². The highest BCUT2D eigenvalue weighted by atomic mass is 35.5. The number of benzene rings is 1. The summed E-state index contributed by atoms with van der Waals surface area (Å²) in [6.07, 6.45) is 0.425. The van der Waals surface area contributed by atoms with Crippen molar-refractivity contribution in [2.45, 2.75) is 19.4 Å². The van der Waals surface area contributed by atoms with Gasteiger partial charge in [-0.2, -0.15) is 0 Å². The largest absolute Gasteiger partial charge is 0.360 e. The SMILES string of the molecule is Cc1onc(-c2ccc(Cl)cc2)c1C(=O)N[C@H]1CCS(=O)(=O)C1. The van der Waals surface area contributed by atoms with Crippen LogP contribution >= 0.6 is 11.6 Å². The van der Waals surface area contributed by atoms with Gasteiger partial charge in [-0.1, -0.05) is 28.9 Å². The molecule has 0 spiro atoms. The van der Waals surface area contributed by atoms with E-state index in [1.54, 1.807) is 31.2 Å². The summed E-state index contributed by atoms with van der Waals surface area (Å²) >= 11 is 5.87. The Kier molecular flexibility index (Phi) is 4.16. The molecule has 0 radical (unpaired) electrons. The van der Waals surface area contributed by atoms with Crippen LogP contribution < -0.4 is 5.32 Å². The lowest BCUT2D eigenvalue weighted by Gasteiger charge is -2.11. The molecule has 0 aliphatic carbocycles. The van der Waals surface area contributed by atoms with Crippen LogP contribution in [-0.2, 0) is 9.84 Å². The average molecular weight is 355 g/mol. The minimum Gasteiger partial charge on any atom is -0.360 e. The minimum absolute atomic E-state index is 0.0284. The third kappa shape index (κ3) is 3.40. The van der Waals surface area contributed by atoms with Gasteiger partial charge in [0.2, 0.25) is 0 Å². The van der Waals surface area contributed by atoms with Gasteiger partial charge in [-0.05, 0) is 25.5 Å². The standard InChI is InChI=1S/C15H15ClN2O4S/c1-9-13(15(19)17-12-6-7-23(20,21)8-12)14(18-22-9)10-2-4-11(16)5-3-10/h2-5,12H,6-8H2,1H3,(H,17,19)/t12-/m0/s1. The molecule has 1 aliphatic heterocycles. The minimum atomic E-state index is -3.06. The lowest BCUT2D eigenvalue weighted by molar-refractivity contribution is 0.0940. The maximum absolute atomic E-state index is 12.5. The molecule has 1 N–H and O–H groups in total. The number of sulfone groups is 1. The van der Waals surface area contributed by atoms with Crippen LogP contribution in [0.1, 0.15) is 22.5 Å². The van der Waals surface area contributed by atoms with Gasteiger partial charge in [-0.25, -0.2) is 8.42 Å². The fourth-order valence-corrected chi connectivity index (χ4v) is 4.41. The van der Waals surface area contributed by atoms with Crippen LogP contribution in [0.15, 0.2) is 28.8 Å². The summed E-state index contributed by atoms with van der Waals surface area (Å²) in [5.41, 5.74) is 1.43. The van der Waals surface area contributed by atoms with Gasteiger partial charge in [0, 0.05) is 16.6 Å². The molecule has 0 saturated carbocycles. The zero-order valence-electron chi connectivity index (χ0n) is 12.4. The first kappa shape index (κ1) is 16.0. The van der Waals surface area contributed by atoms with Crippen molar-refractivity contribution in [3.05, 3.63) is 40.6 Å². The summed E-state index contributed by atoms with van der Waals surface area (Å²) in [4.78, 5) is 12.5. The Labute approximate surface area is 138 Å². The smallest absolute Gasteiger partial charge is 0.257 e. The van der Waals surface area contributed by atoms with Crippen LogP contribution in [0.25, 0.3) is 11.3 Å². The maximum Gasteiger partial charge on any atom is 0.257 e. The van der Waals surface area contributed by atoms with Crippen LogP contribution in [0, 0.1) is 6.92 Å². The number of amides is 1. The number of nitrogens with zero attached hydrogens (tertiary/aromatic N) is 1. The van der Waals surface area contributed by atoms with Crippen molar-refractivity contribution in [1.29, 1.82) is 0 Å². The molecule has 6 nitrogen and oxygen atoms in total. The highest BCUT2D eigenvalue weighted by Gasteiger charge is 2.31. The second-order valence-electron chi connectivity index (χ2n) is 5.54. The van der Waals surface area contributed by atoms with E-state index in [2.05, 4.69) is 10.5 Å². The van der Waals surface area contributed by atoms with Crippen molar-refractivity contribution in [2.75, 3.05) is 11.5 Å². The Bertz CT molecular complexity index is 843. The van der Waals surface area contributed by atoms with E-state index in [4.69, 9.17) is 16.1 Å². The number of rotatable bonds is 3. The highest BCUT2D eigenvalue weighted by molar-refractivity contribution is 7.91. The first-order valence-electron chi connectivity index (χ1n) is 7.09. The molecule has 122 valence electrons. The molecular formula is C15H15ClN2O4S. The fraction of sp³-hybridized carbons (Fsp3) is 0.333. The van der Waals surface area contributed by atoms with Gasteiger partial charge < -0.3 is 9.84 Å². The number of nitrogens with one attached hydrogen (secondary N) is 1. The van der Waals surface area contributed by atoms with E-state index >= 15 is 0 Å². The lowest BCUT2D eigenvalue weighted by atomic mass is 10.1. The number of carbonyl (C=O) groups is 1. The van der Waals surface area contributed by atoms with E-state index in [1.807, 2.05) is 0 Å². The third-order valence-corrected chi connectivity index (χ3v) is 5.80. The summed E-state index contributed by atoms with van der Waals surface area (Å²) in [6.45, 7) is 1.65. The molecule has 1 aliphatic rings. The van der Waals surface area contributed by atoms with Crippen molar-refractivity contribution in [2.24, 2.45) is 0 Å². The monoisotopic (exact) mass is 354 g/mol. The number of hydrogen-bond acceptors (Lipinski definition) is 5.